The Kier molecular flexibility index (Phi) is 7.22. The Hall–Kier alpha value is -3.33. The highest BCUT2D eigenvalue weighted by Gasteiger charge is 2.48. The Labute approximate surface area is 237 Å². The van der Waals surface area contributed by atoms with Gasteiger partial charge in [-0.1, -0.05) is 23.2 Å². The normalized spacial score (nSPS) is 18.2. The second-order valence-electron chi connectivity index (χ2n) is 10.7. The summed E-state index contributed by atoms with van der Waals surface area (Å²) in [6.07, 6.45) is 3.34. The molecule has 10 heteroatoms. The van der Waals surface area contributed by atoms with Crippen LogP contribution in [0.25, 0.3) is 11.1 Å². The number of rotatable bonds is 5. The van der Waals surface area contributed by atoms with Crippen molar-refractivity contribution in [2.24, 2.45) is 11.0 Å². The van der Waals surface area contributed by atoms with Gasteiger partial charge in [-0.25, -0.2) is 0 Å². The molecule has 5 rings (SSSR count). The van der Waals surface area contributed by atoms with E-state index in [1.807, 2.05) is 44.0 Å². The molecule has 8 nitrogen and oxygen atoms in total. The van der Waals surface area contributed by atoms with Crippen molar-refractivity contribution in [3.63, 3.8) is 0 Å². The molecule has 0 bridgehead atoms. The first kappa shape index (κ1) is 27.2. The SMILES string of the molecule is COc1cc2c(cc1-c1cncc(CO)c1)C1C(CO2)C(C(=O)N(C)C(C)(C)C)=NN1c1cc(Cl)cc(Cl)c1. The Morgan fingerprint density at radius 2 is 1.87 bits per heavy atom. The maximum Gasteiger partial charge on any atom is 0.270 e. The van der Waals surface area contributed by atoms with Gasteiger partial charge >= 0.3 is 0 Å². The highest BCUT2D eigenvalue weighted by atomic mass is 35.5. The number of ether oxygens (including phenoxy) is 2. The fraction of sp³-hybridized carbons (Fsp3) is 0.345. The van der Waals surface area contributed by atoms with E-state index in [1.165, 1.54) is 0 Å². The lowest BCUT2D eigenvalue weighted by atomic mass is 9.85. The highest BCUT2D eigenvalue weighted by Crippen LogP contribution is 2.50. The van der Waals surface area contributed by atoms with Gasteiger partial charge in [0.2, 0.25) is 0 Å². The van der Waals surface area contributed by atoms with Crippen LogP contribution in [0, 0.1) is 5.92 Å². The lowest BCUT2D eigenvalue weighted by molar-refractivity contribution is -0.127. The summed E-state index contributed by atoms with van der Waals surface area (Å²) >= 11 is 12.8. The van der Waals surface area contributed by atoms with Gasteiger partial charge in [-0.15, -0.1) is 0 Å². The third kappa shape index (κ3) is 5.04. The zero-order valence-corrected chi connectivity index (χ0v) is 23.9. The minimum atomic E-state index is -0.402. The van der Waals surface area contributed by atoms with Crippen molar-refractivity contribution in [2.75, 3.05) is 25.8 Å². The van der Waals surface area contributed by atoms with Gasteiger partial charge < -0.3 is 19.5 Å². The van der Waals surface area contributed by atoms with E-state index in [0.717, 1.165) is 16.7 Å². The van der Waals surface area contributed by atoms with Crippen LogP contribution in [0.2, 0.25) is 10.0 Å². The summed E-state index contributed by atoms with van der Waals surface area (Å²) in [6, 6.07) is 10.5. The summed E-state index contributed by atoms with van der Waals surface area (Å²) in [5.41, 5.74) is 3.73. The number of aliphatic hydroxyl groups excluding tert-OH is 1. The second kappa shape index (κ2) is 10.3. The molecule has 3 aromatic rings. The first-order chi connectivity index (χ1) is 18.5. The Morgan fingerprint density at radius 3 is 2.51 bits per heavy atom. The molecule has 2 aromatic carbocycles. The number of nitrogens with zero attached hydrogens (tertiary/aromatic N) is 4. The standard InChI is InChI=1S/C29H30Cl2N4O4/c1-29(2,3)34(4)28(37)26-23-15-39-25-11-24(38-5)21(17-6-16(14-36)12-32-13-17)10-22(25)27(23)35(33-26)20-8-18(30)7-19(31)9-20/h6-13,23,27,36H,14-15H2,1-5H3. The molecule has 2 atom stereocenters. The predicted molar refractivity (Wildman–Crippen MR) is 153 cm³/mol. The van der Waals surface area contributed by atoms with E-state index in [1.54, 1.807) is 49.7 Å². The molecule has 0 spiro atoms. The molecular weight excluding hydrogens is 539 g/mol. The Morgan fingerprint density at radius 1 is 1.15 bits per heavy atom. The van der Waals surface area contributed by atoms with Crippen molar-refractivity contribution in [3.8, 4) is 22.6 Å². The molecule has 2 aliphatic heterocycles. The fourth-order valence-corrected chi connectivity index (χ4v) is 5.40. The Balaban J connectivity index is 1.68. The van der Waals surface area contributed by atoms with Crippen LogP contribution in [0.5, 0.6) is 11.5 Å². The number of carbonyl (C=O) groups excluding carboxylic acids is 1. The van der Waals surface area contributed by atoms with Gasteiger partial charge in [-0.3, -0.25) is 14.8 Å². The molecule has 0 radical (unpaired) electrons. The van der Waals surface area contributed by atoms with Crippen molar-refractivity contribution < 1.29 is 19.4 Å². The van der Waals surface area contributed by atoms with Crippen LogP contribution in [-0.4, -0.2) is 52.9 Å². The average molecular weight is 569 g/mol. The summed E-state index contributed by atoms with van der Waals surface area (Å²) in [5.74, 6) is 0.711. The molecule has 39 heavy (non-hydrogen) atoms. The number of halogens is 2. The molecule has 204 valence electrons. The smallest absolute Gasteiger partial charge is 0.270 e. The summed E-state index contributed by atoms with van der Waals surface area (Å²) in [4.78, 5) is 19.7. The molecule has 0 fully saturated rings. The van der Waals surface area contributed by atoms with Gasteiger partial charge in [0.15, 0.2) is 0 Å². The summed E-state index contributed by atoms with van der Waals surface area (Å²) in [7, 11) is 3.37. The number of fused-ring (bicyclic) bond motifs is 3. The van der Waals surface area contributed by atoms with Gasteiger partial charge in [0, 0.05) is 57.8 Å². The molecule has 3 heterocycles. The van der Waals surface area contributed by atoms with Crippen LogP contribution >= 0.6 is 23.2 Å². The van der Waals surface area contributed by atoms with E-state index in [-0.39, 0.29) is 31.1 Å². The monoisotopic (exact) mass is 568 g/mol. The summed E-state index contributed by atoms with van der Waals surface area (Å²) < 4.78 is 11.9. The maximum atomic E-state index is 13.7. The van der Waals surface area contributed by atoms with Crippen molar-refractivity contribution in [3.05, 3.63) is 70.0 Å². The van der Waals surface area contributed by atoms with E-state index >= 15 is 0 Å². The van der Waals surface area contributed by atoms with E-state index in [4.69, 9.17) is 37.8 Å². The zero-order valence-electron chi connectivity index (χ0n) is 22.4. The number of anilines is 1. The molecule has 0 saturated carbocycles. The second-order valence-corrected chi connectivity index (χ2v) is 11.6. The number of carbonyl (C=O) groups is 1. The number of amides is 1. The highest BCUT2D eigenvalue weighted by molar-refractivity contribution is 6.41. The molecule has 2 aliphatic rings. The van der Waals surface area contributed by atoms with E-state index < -0.39 is 5.54 Å². The average Bonchev–Trinajstić information content (AvgIpc) is 3.30. The number of aromatic nitrogens is 1. The number of methoxy groups -OCH3 is 1. The number of hydrogen-bond acceptors (Lipinski definition) is 7. The largest absolute Gasteiger partial charge is 0.496 e. The molecule has 1 N–H and O–H groups in total. The number of aliphatic hydroxyl groups is 1. The van der Waals surface area contributed by atoms with Crippen LogP contribution in [0.3, 0.4) is 0 Å². The lowest BCUT2D eigenvalue weighted by Gasteiger charge is -2.36. The topological polar surface area (TPSA) is 87.5 Å². The molecule has 0 saturated heterocycles. The number of benzene rings is 2. The third-order valence-electron chi connectivity index (χ3n) is 7.21. The molecule has 1 aromatic heterocycles. The van der Waals surface area contributed by atoms with Crippen molar-refractivity contribution in [1.82, 2.24) is 9.88 Å². The van der Waals surface area contributed by atoms with Crippen molar-refractivity contribution in [1.29, 1.82) is 0 Å². The van der Waals surface area contributed by atoms with Crippen LogP contribution in [-0.2, 0) is 11.4 Å². The van der Waals surface area contributed by atoms with Gasteiger partial charge in [0.25, 0.3) is 5.91 Å². The van der Waals surface area contributed by atoms with Crippen LogP contribution in [0.1, 0.15) is 37.9 Å². The van der Waals surface area contributed by atoms with Crippen LogP contribution in [0.15, 0.2) is 53.9 Å². The first-order valence-electron chi connectivity index (χ1n) is 12.5. The summed E-state index contributed by atoms with van der Waals surface area (Å²) in [6.45, 7) is 6.06. The van der Waals surface area contributed by atoms with Gasteiger partial charge in [0.1, 0.15) is 17.2 Å². The van der Waals surface area contributed by atoms with Gasteiger partial charge in [0.05, 0.1) is 38.0 Å². The number of pyridine rings is 1. The van der Waals surface area contributed by atoms with E-state index in [9.17, 15) is 9.90 Å². The maximum absolute atomic E-state index is 13.7. The quantitative estimate of drug-likeness (QED) is 0.422. The van der Waals surface area contributed by atoms with Crippen LogP contribution < -0.4 is 14.5 Å². The molecule has 0 aliphatic carbocycles. The van der Waals surface area contributed by atoms with Gasteiger partial charge in [-0.05, 0) is 56.7 Å². The number of hydrogen-bond donors (Lipinski definition) is 1. The fourth-order valence-electron chi connectivity index (χ4n) is 4.89. The predicted octanol–water partition coefficient (Wildman–Crippen LogP) is 5.74. The van der Waals surface area contributed by atoms with Gasteiger partial charge in [-0.2, -0.15) is 5.10 Å². The molecule has 2 unspecified atom stereocenters. The Bertz CT molecular complexity index is 1450. The molecular formula is C29H30Cl2N4O4. The van der Waals surface area contributed by atoms with Crippen LogP contribution in [0.4, 0.5) is 5.69 Å². The van der Waals surface area contributed by atoms with E-state index in [2.05, 4.69) is 4.98 Å². The third-order valence-corrected chi connectivity index (χ3v) is 7.65. The minimum Gasteiger partial charge on any atom is -0.496 e. The zero-order chi connectivity index (χ0) is 28.1. The number of hydrazone groups is 1. The summed E-state index contributed by atoms with van der Waals surface area (Å²) in [5, 5.41) is 17.3. The van der Waals surface area contributed by atoms with Crippen molar-refractivity contribution >= 4 is 40.5 Å². The van der Waals surface area contributed by atoms with E-state index in [0.29, 0.717) is 38.5 Å². The lowest BCUT2D eigenvalue weighted by Crippen LogP contribution is -2.48. The van der Waals surface area contributed by atoms with Crippen molar-refractivity contribution in [2.45, 2.75) is 39.0 Å². The minimum absolute atomic E-state index is 0.133. The molecule has 1 amide bonds. The first-order valence-corrected chi connectivity index (χ1v) is 13.3.